The van der Waals surface area contributed by atoms with E-state index in [1.807, 2.05) is 0 Å². The fourth-order valence-electron chi connectivity index (χ4n) is 0.118. The zero-order valence-corrected chi connectivity index (χ0v) is 5.11. The van der Waals surface area contributed by atoms with Gasteiger partial charge in [-0.3, -0.25) is 0 Å². The first-order valence-corrected chi connectivity index (χ1v) is 4.53. The molecule has 0 heterocycles. The van der Waals surface area contributed by atoms with Gasteiger partial charge in [-0.2, -0.15) is 0 Å². The third-order valence-corrected chi connectivity index (χ3v) is 1.67. The fraction of sp³-hybridized carbons (Fsp3) is 1.00. The molecule has 0 aliphatic rings. The van der Waals surface area contributed by atoms with Crippen LogP contribution in [-0.4, -0.2) is 21.5 Å². The quantitative estimate of drug-likeness (QED) is 0.538. The van der Waals surface area contributed by atoms with Crippen molar-refractivity contribution in [3.63, 3.8) is 0 Å². The van der Waals surface area contributed by atoms with E-state index in [1.165, 1.54) is 5.32 Å². The Labute approximate surface area is 39.1 Å². The van der Waals surface area contributed by atoms with Gasteiger partial charge in [0.2, 0.25) is 0 Å². The minimum absolute atomic E-state index is 0.800. The monoisotopic (exact) mass is 139 g/mol. The second-order valence-electron chi connectivity index (χ2n) is 0.781. The Kier molecular flexibility index (Phi) is 4.91. The molecule has 0 unspecified atom stereocenters. The van der Waals surface area contributed by atoms with E-state index in [9.17, 15) is 0 Å². The number of hydrogen-bond acceptors (Lipinski definition) is 1. The molecule has 2 N–H and O–H groups in total. The second-order valence-corrected chi connectivity index (χ2v) is 2.85. The van der Waals surface area contributed by atoms with Crippen LogP contribution in [0.25, 0.3) is 0 Å². The Morgan fingerprint density at radius 3 is 2.40 bits per heavy atom. The summed E-state index contributed by atoms with van der Waals surface area (Å²) in [5.41, 5.74) is 5.15. The van der Waals surface area contributed by atoms with Gasteiger partial charge in [0, 0.05) is 0 Å². The molecule has 0 fully saturated rings. The summed E-state index contributed by atoms with van der Waals surface area (Å²) < 4.78 is 0. The van der Waals surface area contributed by atoms with Crippen LogP contribution in [0.1, 0.15) is 0 Å². The van der Waals surface area contributed by atoms with Gasteiger partial charge in [-0.25, -0.2) is 0 Å². The number of hydrogen-bond donors (Lipinski definition) is 1. The molecule has 0 bridgehead atoms. The maximum atomic E-state index is 5.15. The third kappa shape index (κ3) is 4.48. The second kappa shape index (κ2) is 4.48. The molecule has 0 aromatic heterocycles. The molecule has 0 aliphatic carbocycles. The van der Waals surface area contributed by atoms with Crippen molar-refractivity contribution in [3.8, 4) is 0 Å². The standard InChI is InChI=1S/C3H9NSe/c1-5-3-2-4/h2-4H2,1H3. The van der Waals surface area contributed by atoms with Crippen molar-refractivity contribution in [3.05, 3.63) is 0 Å². The van der Waals surface area contributed by atoms with Gasteiger partial charge in [0.1, 0.15) is 0 Å². The van der Waals surface area contributed by atoms with Gasteiger partial charge in [-0.15, -0.1) is 0 Å². The first-order chi connectivity index (χ1) is 2.41. The molecule has 0 saturated carbocycles. The van der Waals surface area contributed by atoms with Crippen molar-refractivity contribution in [2.45, 2.75) is 11.1 Å². The van der Waals surface area contributed by atoms with Gasteiger partial charge < -0.3 is 0 Å². The van der Waals surface area contributed by atoms with Crippen molar-refractivity contribution in [1.29, 1.82) is 0 Å². The molecule has 0 aliphatic heterocycles. The molecule has 2 heteroatoms. The SMILES string of the molecule is C[Se]CCN. The normalized spacial score (nSPS) is 8.40. The minimum atomic E-state index is 0.800. The molecule has 5 heavy (non-hydrogen) atoms. The zero-order valence-electron chi connectivity index (χ0n) is 3.40. The summed E-state index contributed by atoms with van der Waals surface area (Å²) in [7, 11) is 0. The Hall–Kier alpha value is 0.479. The van der Waals surface area contributed by atoms with Gasteiger partial charge in [0.05, 0.1) is 0 Å². The summed E-state index contributed by atoms with van der Waals surface area (Å²) in [6.07, 6.45) is 0. The molecule has 0 saturated heterocycles. The average molecular weight is 138 g/mol. The molecule has 0 atom stereocenters. The van der Waals surface area contributed by atoms with Gasteiger partial charge in [-0.05, 0) is 0 Å². The summed E-state index contributed by atoms with van der Waals surface area (Å²) in [6, 6.07) is 0. The third-order valence-electron chi connectivity index (χ3n) is 0.322. The first kappa shape index (κ1) is 5.48. The molecule has 0 aromatic carbocycles. The average Bonchev–Trinajstić information content (AvgIpc) is 1.41. The summed E-state index contributed by atoms with van der Waals surface area (Å²) in [5.74, 6) is 2.19. The molecular weight excluding hydrogens is 129 g/mol. The predicted molar refractivity (Wildman–Crippen MR) is 25.5 cm³/mol. The van der Waals surface area contributed by atoms with E-state index in [2.05, 4.69) is 5.82 Å². The van der Waals surface area contributed by atoms with Crippen LogP contribution in [0.3, 0.4) is 0 Å². The van der Waals surface area contributed by atoms with E-state index in [0.29, 0.717) is 0 Å². The van der Waals surface area contributed by atoms with Crippen LogP contribution in [0.5, 0.6) is 0 Å². The van der Waals surface area contributed by atoms with E-state index < -0.39 is 0 Å². The van der Waals surface area contributed by atoms with Gasteiger partial charge in [-0.1, -0.05) is 0 Å². The molecular formula is C3H9NSe. The molecule has 0 radical (unpaired) electrons. The Morgan fingerprint density at radius 1 is 1.80 bits per heavy atom. The molecule has 0 rings (SSSR count). The van der Waals surface area contributed by atoms with Crippen molar-refractivity contribution in [2.24, 2.45) is 5.73 Å². The predicted octanol–water partition coefficient (Wildman–Crippen LogP) is 0.116. The number of nitrogens with two attached hydrogens (primary N) is 1. The Balaban J connectivity index is 2.19. The zero-order chi connectivity index (χ0) is 4.12. The summed E-state index contributed by atoms with van der Waals surface area (Å²) in [5, 5.41) is 1.23. The van der Waals surface area contributed by atoms with Crippen LogP contribution >= 0.6 is 0 Å². The summed E-state index contributed by atoms with van der Waals surface area (Å²) in [6.45, 7) is 0.872. The van der Waals surface area contributed by atoms with Crippen molar-refractivity contribution in [1.82, 2.24) is 0 Å². The van der Waals surface area contributed by atoms with Crippen LogP contribution in [0, 0.1) is 0 Å². The van der Waals surface area contributed by atoms with Crippen molar-refractivity contribution >= 4 is 15.0 Å². The van der Waals surface area contributed by atoms with Crippen molar-refractivity contribution in [2.75, 3.05) is 6.54 Å². The molecule has 32 valence electrons. The van der Waals surface area contributed by atoms with Gasteiger partial charge in [0.25, 0.3) is 0 Å². The van der Waals surface area contributed by atoms with Gasteiger partial charge >= 0.3 is 38.4 Å². The fourth-order valence-corrected chi connectivity index (χ4v) is 0.612. The molecule has 0 aromatic rings. The maximum absolute atomic E-state index is 5.15. The summed E-state index contributed by atoms with van der Waals surface area (Å²) in [4.78, 5) is 0. The van der Waals surface area contributed by atoms with Crippen LogP contribution in [0.2, 0.25) is 11.1 Å². The van der Waals surface area contributed by atoms with E-state index >= 15 is 0 Å². The summed E-state index contributed by atoms with van der Waals surface area (Å²) >= 11 is 0.800. The van der Waals surface area contributed by atoms with E-state index in [4.69, 9.17) is 5.73 Å². The van der Waals surface area contributed by atoms with E-state index in [-0.39, 0.29) is 0 Å². The van der Waals surface area contributed by atoms with E-state index in [0.717, 1.165) is 21.5 Å². The molecule has 0 spiro atoms. The van der Waals surface area contributed by atoms with Crippen LogP contribution in [-0.2, 0) is 0 Å². The van der Waals surface area contributed by atoms with E-state index in [1.54, 1.807) is 0 Å². The number of rotatable bonds is 2. The molecule has 1 nitrogen and oxygen atoms in total. The topological polar surface area (TPSA) is 26.0 Å². The van der Waals surface area contributed by atoms with Crippen molar-refractivity contribution < 1.29 is 0 Å². The first-order valence-electron chi connectivity index (χ1n) is 1.61. The van der Waals surface area contributed by atoms with Gasteiger partial charge in [0.15, 0.2) is 0 Å². The van der Waals surface area contributed by atoms with Crippen LogP contribution in [0.15, 0.2) is 0 Å². The van der Waals surface area contributed by atoms with Crippen LogP contribution < -0.4 is 5.73 Å². The van der Waals surface area contributed by atoms with Crippen LogP contribution in [0.4, 0.5) is 0 Å². The molecule has 0 amide bonds. The Bertz CT molecular complexity index is 14.4. The Morgan fingerprint density at radius 2 is 2.40 bits per heavy atom.